The fraction of sp³-hybridized carbons (Fsp3) is 0.462. The van der Waals surface area contributed by atoms with E-state index in [9.17, 15) is 0 Å². The maximum atomic E-state index is 5.37. The van der Waals surface area contributed by atoms with Crippen molar-refractivity contribution in [3.05, 3.63) is 30.7 Å². The first-order valence-corrected chi connectivity index (χ1v) is 6.16. The zero-order chi connectivity index (χ0) is 11.5. The van der Waals surface area contributed by atoms with Crippen LogP contribution in [-0.4, -0.2) is 28.0 Å². The topological polar surface area (TPSA) is 42.8 Å². The summed E-state index contributed by atoms with van der Waals surface area (Å²) in [4.78, 5) is 3.20. The molecule has 0 amide bonds. The Labute approximate surface area is 101 Å². The normalized spacial score (nSPS) is 17.4. The third kappa shape index (κ3) is 2.42. The van der Waals surface area contributed by atoms with Crippen molar-refractivity contribution in [2.75, 3.05) is 13.2 Å². The van der Waals surface area contributed by atoms with Gasteiger partial charge in [0, 0.05) is 43.4 Å². The standard InChI is InChI=1S/C13H17N3O/c1-2-13(14-5-1)12-8-15-16(10-12)9-11-3-6-17-7-4-11/h1-2,5,8,10-11,14H,3-4,6-7,9H2. The largest absolute Gasteiger partial charge is 0.381 e. The average Bonchev–Trinajstić information content (AvgIpc) is 3.00. The Hall–Kier alpha value is -1.55. The minimum Gasteiger partial charge on any atom is -0.381 e. The summed E-state index contributed by atoms with van der Waals surface area (Å²) in [6.07, 6.45) is 8.27. The Kier molecular flexibility index (Phi) is 2.96. The van der Waals surface area contributed by atoms with E-state index in [2.05, 4.69) is 22.3 Å². The molecule has 4 heteroatoms. The molecule has 3 rings (SSSR count). The van der Waals surface area contributed by atoms with Gasteiger partial charge in [-0.15, -0.1) is 0 Å². The molecular weight excluding hydrogens is 214 g/mol. The fourth-order valence-electron chi connectivity index (χ4n) is 2.31. The summed E-state index contributed by atoms with van der Waals surface area (Å²) >= 11 is 0. The highest BCUT2D eigenvalue weighted by Crippen LogP contribution is 2.19. The van der Waals surface area contributed by atoms with Crippen LogP contribution < -0.4 is 0 Å². The Morgan fingerprint density at radius 1 is 1.41 bits per heavy atom. The van der Waals surface area contributed by atoms with Gasteiger partial charge < -0.3 is 9.72 Å². The lowest BCUT2D eigenvalue weighted by atomic mass is 10.0. The first kappa shape index (κ1) is 10.6. The summed E-state index contributed by atoms with van der Waals surface area (Å²) in [6.45, 7) is 2.80. The van der Waals surface area contributed by atoms with Gasteiger partial charge in [0.1, 0.15) is 0 Å². The Bertz CT molecular complexity index is 455. The summed E-state index contributed by atoms with van der Waals surface area (Å²) in [5, 5.41) is 4.42. The second-order valence-electron chi connectivity index (χ2n) is 4.59. The third-order valence-electron chi connectivity index (χ3n) is 3.33. The number of rotatable bonds is 3. The van der Waals surface area contributed by atoms with Crippen molar-refractivity contribution in [3.63, 3.8) is 0 Å². The molecule has 1 fully saturated rings. The minimum atomic E-state index is 0.708. The molecule has 0 aromatic carbocycles. The van der Waals surface area contributed by atoms with Gasteiger partial charge in [0.2, 0.25) is 0 Å². The molecule has 0 aliphatic carbocycles. The number of nitrogens with zero attached hydrogens (tertiary/aromatic N) is 2. The summed E-state index contributed by atoms with van der Waals surface area (Å²) in [7, 11) is 0. The maximum absolute atomic E-state index is 5.37. The molecule has 3 heterocycles. The van der Waals surface area contributed by atoms with Gasteiger partial charge in [-0.3, -0.25) is 4.68 Å². The summed E-state index contributed by atoms with van der Waals surface area (Å²) in [5.74, 6) is 0.708. The van der Waals surface area contributed by atoms with Crippen LogP contribution in [0, 0.1) is 5.92 Å². The quantitative estimate of drug-likeness (QED) is 0.880. The molecule has 1 saturated heterocycles. The van der Waals surface area contributed by atoms with Crippen LogP contribution in [0.1, 0.15) is 12.8 Å². The number of hydrogen-bond donors (Lipinski definition) is 1. The highest BCUT2D eigenvalue weighted by atomic mass is 16.5. The first-order chi connectivity index (χ1) is 8.42. The number of ether oxygens (including phenoxy) is 1. The van der Waals surface area contributed by atoms with Crippen molar-refractivity contribution in [1.29, 1.82) is 0 Å². The molecule has 1 aliphatic heterocycles. The van der Waals surface area contributed by atoms with Gasteiger partial charge in [-0.2, -0.15) is 5.10 Å². The van der Waals surface area contributed by atoms with Crippen LogP contribution in [0.2, 0.25) is 0 Å². The number of aromatic amines is 1. The molecule has 2 aromatic heterocycles. The van der Waals surface area contributed by atoms with E-state index in [-0.39, 0.29) is 0 Å². The van der Waals surface area contributed by atoms with Crippen molar-refractivity contribution >= 4 is 0 Å². The van der Waals surface area contributed by atoms with Crippen LogP contribution >= 0.6 is 0 Å². The number of hydrogen-bond acceptors (Lipinski definition) is 2. The van der Waals surface area contributed by atoms with Gasteiger partial charge in [0.15, 0.2) is 0 Å². The minimum absolute atomic E-state index is 0.708. The second kappa shape index (κ2) is 4.75. The van der Waals surface area contributed by atoms with E-state index in [1.165, 1.54) is 0 Å². The molecule has 17 heavy (non-hydrogen) atoms. The van der Waals surface area contributed by atoms with Gasteiger partial charge in [-0.05, 0) is 30.9 Å². The van der Waals surface area contributed by atoms with Crippen LogP contribution in [0.25, 0.3) is 11.3 Å². The molecule has 0 radical (unpaired) electrons. The van der Waals surface area contributed by atoms with Crippen molar-refractivity contribution < 1.29 is 4.74 Å². The molecule has 0 spiro atoms. The first-order valence-electron chi connectivity index (χ1n) is 6.16. The molecule has 1 N–H and O–H groups in total. The van der Waals surface area contributed by atoms with E-state index >= 15 is 0 Å². The summed E-state index contributed by atoms with van der Waals surface area (Å²) in [5.41, 5.74) is 2.28. The lowest BCUT2D eigenvalue weighted by Gasteiger charge is -2.21. The molecule has 1 aliphatic rings. The second-order valence-corrected chi connectivity index (χ2v) is 4.59. The lowest BCUT2D eigenvalue weighted by molar-refractivity contribution is 0.0601. The van der Waals surface area contributed by atoms with E-state index in [0.717, 1.165) is 43.9 Å². The van der Waals surface area contributed by atoms with Crippen LogP contribution in [0.5, 0.6) is 0 Å². The highest BCUT2D eigenvalue weighted by molar-refractivity contribution is 5.56. The molecule has 0 saturated carbocycles. The monoisotopic (exact) mass is 231 g/mol. The summed E-state index contributed by atoms with van der Waals surface area (Å²) < 4.78 is 7.41. The van der Waals surface area contributed by atoms with Gasteiger partial charge in [-0.1, -0.05) is 0 Å². The zero-order valence-electron chi connectivity index (χ0n) is 9.80. The van der Waals surface area contributed by atoms with Gasteiger partial charge in [0.05, 0.1) is 6.20 Å². The highest BCUT2D eigenvalue weighted by Gasteiger charge is 2.14. The predicted molar refractivity (Wildman–Crippen MR) is 65.6 cm³/mol. The summed E-state index contributed by atoms with van der Waals surface area (Å²) in [6, 6.07) is 4.07. The lowest BCUT2D eigenvalue weighted by Crippen LogP contribution is -2.20. The van der Waals surface area contributed by atoms with Gasteiger partial charge in [0.25, 0.3) is 0 Å². The molecule has 0 unspecified atom stereocenters. The smallest absolute Gasteiger partial charge is 0.0583 e. The Balaban J connectivity index is 1.68. The molecule has 90 valence electrons. The van der Waals surface area contributed by atoms with Crippen LogP contribution in [0.4, 0.5) is 0 Å². The molecule has 4 nitrogen and oxygen atoms in total. The van der Waals surface area contributed by atoms with Crippen LogP contribution in [-0.2, 0) is 11.3 Å². The van der Waals surface area contributed by atoms with Gasteiger partial charge >= 0.3 is 0 Å². The van der Waals surface area contributed by atoms with E-state index in [1.54, 1.807) is 0 Å². The number of H-pyrrole nitrogens is 1. The maximum Gasteiger partial charge on any atom is 0.0583 e. The molecule has 0 bridgehead atoms. The van der Waals surface area contributed by atoms with Crippen molar-refractivity contribution in [1.82, 2.24) is 14.8 Å². The van der Waals surface area contributed by atoms with E-state index < -0.39 is 0 Å². The number of aromatic nitrogens is 3. The van der Waals surface area contributed by atoms with E-state index in [1.807, 2.05) is 23.1 Å². The van der Waals surface area contributed by atoms with Gasteiger partial charge in [-0.25, -0.2) is 0 Å². The SMILES string of the molecule is c1c[nH]c(-c2cnn(CC3CCOCC3)c2)c1. The molecule has 2 aromatic rings. The van der Waals surface area contributed by atoms with Crippen molar-refractivity contribution in [2.24, 2.45) is 5.92 Å². The zero-order valence-corrected chi connectivity index (χ0v) is 9.80. The Morgan fingerprint density at radius 3 is 3.06 bits per heavy atom. The average molecular weight is 231 g/mol. The predicted octanol–water partition coefficient (Wildman–Crippen LogP) is 2.30. The van der Waals surface area contributed by atoms with E-state index in [0.29, 0.717) is 5.92 Å². The third-order valence-corrected chi connectivity index (χ3v) is 3.33. The van der Waals surface area contributed by atoms with Crippen LogP contribution in [0.3, 0.4) is 0 Å². The van der Waals surface area contributed by atoms with Crippen molar-refractivity contribution in [3.8, 4) is 11.3 Å². The van der Waals surface area contributed by atoms with Crippen molar-refractivity contribution in [2.45, 2.75) is 19.4 Å². The van der Waals surface area contributed by atoms with Crippen LogP contribution in [0.15, 0.2) is 30.7 Å². The molecular formula is C13H17N3O. The Morgan fingerprint density at radius 2 is 2.29 bits per heavy atom. The fourth-order valence-corrected chi connectivity index (χ4v) is 2.31. The number of nitrogens with one attached hydrogen (secondary N) is 1. The van der Waals surface area contributed by atoms with E-state index in [4.69, 9.17) is 4.74 Å². The molecule has 0 atom stereocenters.